The van der Waals surface area contributed by atoms with Gasteiger partial charge in [0.1, 0.15) is 17.8 Å². The van der Waals surface area contributed by atoms with Crippen LogP contribution in [0.1, 0.15) is 98.8 Å². The molecular formula is C36H52O8. The SMILES string of the molecule is CCCCCCCCC=CC=CCC(=O)OC12CC(C)C3(O)C(C=C(CO)CC4(O)C(=O)C(C)=CC43)C1C2(C)COC(C)=O. The molecule has 0 aromatic rings. The molecule has 0 saturated heterocycles. The third-order valence-corrected chi connectivity index (χ3v) is 10.9. The molecule has 2 fully saturated rings. The van der Waals surface area contributed by atoms with Gasteiger partial charge in [-0.05, 0) is 43.3 Å². The van der Waals surface area contributed by atoms with Gasteiger partial charge in [0.15, 0.2) is 5.78 Å². The maximum Gasteiger partial charge on any atom is 0.310 e. The lowest BCUT2D eigenvalue weighted by Gasteiger charge is -2.50. The molecule has 0 aromatic carbocycles. The Morgan fingerprint density at radius 2 is 1.75 bits per heavy atom. The van der Waals surface area contributed by atoms with E-state index in [0.29, 0.717) is 11.1 Å². The van der Waals surface area contributed by atoms with E-state index in [1.165, 1.54) is 39.0 Å². The topological polar surface area (TPSA) is 130 Å². The maximum absolute atomic E-state index is 13.3. The summed E-state index contributed by atoms with van der Waals surface area (Å²) in [5.74, 6) is -3.86. The van der Waals surface area contributed by atoms with E-state index in [9.17, 15) is 29.7 Å². The van der Waals surface area contributed by atoms with Crippen molar-refractivity contribution < 1.29 is 39.2 Å². The van der Waals surface area contributed by atoms with Gasteiger partial charge < -0.3 is 24.8 Å². The van der Waals surface area contributed by atoms with E-state index in [1.54, 1.807) is 25.2 Å². The van der Waals surface area contributed by atoms with Gasteiger partial charge in [0.2, 0.25) is 0 Å². The summed E-state index contributed by atoms with van der Waals surface area (Å²) in [6.45, 7) is 8.52. The molecule has 8 heteroatoms. The molecule has 4 aliphatic rings. The number of allylic oxidation sites excluding steroid dienone is 3. The van der Waals surface area contributed by atoms with Gasteiger partial charge >= 0.3 is 11.9 Å². The molecule has 44 heavy (non-hydrogen) atoms. The Balaban J connectivity index is 1.53. The highest BCUT2D eigenvalue weighted by molar-refractivity contribution is 6.04. The molecule has 0 spiro atoms. The van der Waals surface area contributed by atoms with Gasteiger partial charge in [0.25, 0.3) is 0 Å². The minimum atomic E-state index is -1.87. The van der Waals surface area contributed by atoms with Crippen molar-refractivity contribution in [1.29, 1.82) is 0 Å². The molecule has 0 heterocycles. The van der Waals surface area contributed by atoms with Gasteiger partial charge in [-0.1, -0.05) is 89.3 Å². The monoisotopic (exact) mass is 612 g/mol. The summed E-state index contributed by atoms with van der Waals surface area (Å²) in [5, 5.41) is 34.5. The van der Waals surface area contributed by atoms with E-state index in [0.717, 1.165) is 12.8 Å². The molecular weight excluding hydrogens is 560 g/mol. The lowest BCUT2D eigenvalue weighted by molar-refractivity contribution is -0.187. The Labute approximate surface area is 262 Å². The molecule has 4 rings (SSSR count). The molecule has 0 aliphatic heterocycles. The summed E-state index contributed by atoms with van der Waals surface area (Å²) in [6.07, 6.45) is 19.9. The van der Waals surface area contributed by atoms with Gasteiger partial charge in [0.05, 0.1) is 18.6 Å². The molecule has 0 aromatic heterocycles. The third-order valence-electron chi connectivity index (χ3n) is 10.9. The number of hydrogen-bond donors (Lipinski definition) is 3. The zero-order chi connectivity index (χ0) is 32.3. The van der Waals surface area contributed by atoms with Gasteiger partial charge in [-0.2, -0.15) is 0 Å². The van der Waals surface area contributed by atoms with Crippen molar-refractivity contribution in [3.63, 3.8) is 0 Å². The Kier molecular flexibility index (Phi) is 10.5. The van der Waals surface area contributed by atoms with Crippen molar-refractivity contribution in [2.24, 2.45) is 29.1 Å². The summed E-state index contributed by atoms with van der Waals surface area (Å²) < 4.78 is 11.8. The second-order valence-electron chi connectivity index (χ2n) is 13.9. The average Bonchev–Trinajstić information content (AvgIpc) is 3.42. The largest absolute Gasteiger partial charge is 0.465 e. The molecule has 8 nitrogen and oxygen atoms in total. The van der Waals surface area contributed by atoms with Crippen LogP contribution in [0.15, 0.2) is 47.6 Å². The summed E-state index contributed by atoms with van der Waals surface area (Å²) in [5.41, 5.74) is -4.46. The van der Waals surface area contributed by atoms with Crippen LogP contribution in [-0.4, -0.2) is 63.1 Å². The minimum absolute atomic E-state index is 0.0123. The first-order valence-electron chi connectivity index (χ1n) is 16.5. The quantitative estimate of drug-likeness (QED) is 0.104. The smallest absolute Gasteiger partial charge is 0.310 e. The fourth-order valence-corrected chi connectivity index (χ4v) is 8.58. The number of carbonyl (C=O) groups is 3. The van der Waals surface area contributed by atoms with Crippen LogP contribution in [0.2, 0.25) is 0 Å². The van der Waals surface area contributed by atoms with Crippen LogP contribution in [0.25, 0.3) is 0 Å². The van der Waals surface area contributed by atoms with Crippen LogP contribution in [-0.2, 0) is 23.9 Å². The molecule has 8 unspecified atom stereocenters. The van der Waals surface area contributed by atoms with Crippen molar-refractivity contribution in [3.8, 4) is 0 Å². The highest BCUT2D eigenvalue weighted by Crippen LogP contribution is 2.76. The van der Waals surface area contributed by atoms with E-state index in [1.807, 2.05) is 26.0 Å². The molecule has 0 radical (unpaired) electrons. The summed E-state index contributed by atoms with van der Waals surface area (Å²) in [4.78, 5) is 38.3. The molecule has 3 N–H and O–H groups in total. The lowest BCUT2D eigenvalue weighted by atomic mass is 9.60. The molecule has 0 bridgehead atoms. The standard InChI is InChI=1S/C36H52O8/c1-6-7-8-9-10-11-12-13-14-15-16-17-30(39)44-35-20-25(3)36(42)28(31(35)33(35,5)23-43-26(4)38)19-27(22-37)21-34(41)29(36)18-24(2)32(34)40/h13-16,18-19,25,28-29,31,37,41-42H,6-12,17,20-23H2,1-5H3. The maximum atomic E-state index is 13.3. The number of aliphatic hydroxyl groups excluding tert-OH is 1. The van der Waals surface area contributed by atoms with Crippen LogP contribution in [0.3, 0.4) is 0 Å². The Morgan fingerprint density at radius 3 is 2.43 bits per heavy atom. The van der Waals surface area contributed by atoms with Crippen molar-refractivity contribution in [3.05, 3.63) is 47.6 Å². The second-order valence-corrected chi connectivity index (χ2v) is 13.9. The van der Waals surface area contributed by atoms with E-state index in [2.05, 4.69) is 13.0 Å². The summed E-state index contributed by atoms with van der Waals surface area (Å²) in [6, 6.07) is 0. The van der Waals surface area contributed by atoms with E-state index in [4.69, 9.17) is 9.47 Å². The number of fused-ring (bicyclic) bond motifs is 5. The van der Waals surface area contributed by atoms with Gasteiger partial charge in [-0.3, -0.25) is 14.4 Å². The van der Waals surface area contributed by atoms with E-state index >= 15 is 0 Å². The van der Waals surface area contributed by atoms with Gasteiger partial charge in [-0.15, -0.1) is 0 Å². The predicted octanol–water partition coefficient (Wildman–Crippen LogP) is 5.31. The predicted molar refractivity (Wildman–Crippen MR) is 167 cm³/mol. The van der Waals surface area contributed by atoms with Crippen LogP contribution < -0.4 is 0 Å². The molecule has 244 valence electrons. The first kappa shape index (κ1) is 34.3. The van der Waals surface area contributed by atoms with Crippen molar-refractivity contribution in [1.82, 2.24) is 0 Å². The normalized spacial score (nSPS) is 37.6. The number of ether oxygens (including phenoxy) is 2. The molecule has 8 atom stereocenters. The number of Topliss-reactive ketones (excluding diaryl/α,β-unsaturated/α-hetero) is 1. The Hall–Kier alpha value is -2.55. The fourth-order valence-electron chi connectivity index (χ4n) is 8.58. The highest BCUT2D eigenvalue weighted by Gasteiger charge is 2.85. The lowest BCUT2D eigenvalue weighted by Crippen LogP contribution is -2.61. The molecule has 2 saturated carbocycles. The number of aliphatic hydroxyl groups is 3. The first-order chi connectivity index (χ1) is 20.8. The zero-order valence-electron chi connectivity index (χ0n) is 27.1. The number of hydrogen-bond acceptors (Lipinski definition) is 8. The van der Waals surface area contributed by atoms with E-state index < -0.39 is 63.6 Å². The first-order valence-corrected chi connectivity index (χ1v) is 16.5. The summed E-state index contributed by atoms with van der Waals surface area (Å²) in [7, 11) is 0. The van der Waals surface area contributed by atoms with Crippen molar-refractivity contribution in [2.45, 2.75) is 116 Å². The number of carbonyl (C=O) groups excluding carboxylic acids is 3. The zero-order valence-corrected chi connectivity index (χ0v) is 27.1. The molecule has 0 amide bonds. The number of rotatable bonds is 14. The fraction of sp³-hybridized carbons (Fsp3) is 0.694. The number of esters is 2. The van der Waals surface area contributed by atoms with Crippen LogP contribution in [0, 0.1) is 29.1 Å². The minimum Gasteiger partial charge on any atom is -0.465 e. The van der Waals surface area contributed by atoms with E-state index in [-0.39, 0.29) is 32.5 Å². The van der Waals surface area contributed by atoms with Crippen molar-refractivity contribution in [2.75, 3.05) is 13.2 Å². The second kappa shape index (κ2) is 13.4. The average molecular weight is 613 g/mol. The number of unbranched alkanes of at least 4 members (excludes halogenated alkanes) is 6. The third kappa shape index (κ3) is 6.02. The van der Waals surface area contributed by atoms with Crippen LogP contribution >= 0.6 is 0 Å². The summed E-state index contributed by atoms with van der Waals surface area (Å²) >= 11 is 0. The molecule has 4 aliphatic carbocycles. The van der Waals surface area contributed by atoms with Crippen LogP contribution in [0.5, 0.6) is 0 Å². The highest BCUT2D eigenvalue weighted by atomic mass is 16.6. The van der Waals surface area contributed by atoms with Gasteiger partial charge in [0, 0.05) is 36.5 Å². The van der Waals surface area contributed by atoms with Crippen molar-refractivity contribution >= 4 is 17.7 Å². The Bertz CT molecular complexity index is 1230. The van der Waals surface area contributed by atoms with Crippen LogP contribution in [0.4, 0.5) is 0 Å². The Morgan fingerprint density at radius 1 is 1.07 bits per heavy atom. The van der Waals surface area contributed by atoms with Gasteiger partial charge in [-0.25, -0.2) is 0 Å². The number of ketones is 1.